The molecule has 0 unspecified atom stereocenters. The Morgan fingerprint density at radius 1 is 1.14 bits per heavy atom. The van der Waals surface area contributed by atoms with Gasteiger partial charge in [0.05, 0.1) is 6.04 Å². The minimum atomic E-state index is -0.324. The Hall–Kier alpha value is -3.19. The number of hydrogen-bond acceptors (Lipinski definition) is 4. The Bertz CT molecular complexity index is 1160. The van der Waals surface area contributed by atoms with Crippen LogP contribution in [-0.4, -0.2) is 47.4 Å². The molecule has 2 amide bonds. The Morgan fingerprint density at radius 3 is 2.54 bits per heavy atom. The number of halogens is 1. The average molecular weight is 495 g/mol. The normalized spacial score (nSPS) is 15.9. The van der Waals surface area contributed by atoms with Crippen molar-refractivity contribution in [2.24, 2.45) is 0 Å². The van der Waals surface area contributed by atoms with E-state index in [1.165, 1.54) is 17.0 Å². The Labute approximate surface area is 210 Å². The van der Waals surface area contributed by atoms with Crippen LogP contribution in [-0.2, 0) is 11.2 Å². The number of aryl methyl sites for hydroxylation is 1. The van der Waals surface area contributed by atoms with Crippen molar-refractivity contribution in [1.29, 1.82) is 0 Å². The van der Waals surface area contributed by atoms with Crippen LogP contribution in [0.4, 0.5) is 4.39 Å². The molecule has 0 bridgehead atoms. The van der Waals surface area contributed by atoms with E-state index < -0.39 is 0 Å². The van der Waals surface area contributed by atoms with Gasteiger partial charge in [0.25, 0.3) is 5.91 Å². The van der Waals surface area contributed by atoms with Gasteiger partial charge < -0.3 is 14.5 Å². The molecule has 2 heterocycles. The van der Waals surface area contributed by atoms with Crippen molar-refractivity contribution in [2.45, 2.75) is 45.7 Å². The third kappa shape index (κ3) is 5.73. The van der Waals surface area contributed by atoms with Gasteiger partial charge in [-0.3, -0.25) is 9.59 Å². The third-order valence-electron chi connectivity index (χ3n) is 6.62. The molecule has 0 N–H and O–H groups in total. The van der Waals surface area contributed by atoms with Gasteiger partial charge >= 0.3 is 0 Å². The molecule has 1 aliphatic rings. The summed E-state index contributed by atoms with van der Waals surface area (Å²) < 4.78 is 19.3. The monoisotopic (exact) mass is 494 g/mol. The van der Waals surface area contributed by atoms with E-state index in [0.717, 1.165) is 24.0 Å². The van der Waals surface area contributed by atoms with Crippen molar-refractivity contribution in [2.75, 3.05) is 19.7 Å². The van der Waals surface area contributed by atoms with E-state index in [2.05, 4.69) is 0 Å². The fourth-order valence-corrected chi connectivity index (χ4v) is 5.26. The van der Waals surface area contributed by atoms with Gasteiger partial charge in [-0.15, -0.1) is 11.3 Å². The largest absolute Gasteiger partial charge is 0.491 e. The molecule has 1 aliphatic heterocycles. The summed E-state index contributed by atoms with van der Waals surface area (Å²) >= 11 is 1.68. The first-order chi connectivity index (χ1) is 16.9. The zero-order chi connectivity index (χ0) is 24.9. The molecule has 35 heavy (non-hydrogen) atoms. The fraction of sp³-hybridized carbons (Fsp3) is 0.357. The lowest BCUT2D eigenvalue weighted by molar-refractivity contribution is -0.136. The molecule has 3 aromatic rings. The molecule has 0 spiro atoms. The van der Waals surface area contributed by atoms with Gasteiger partial charge in [-0.1, -0.05) is 24.6 Å². The van der Waals surface area contributed by atoms with Gasteiger partial charge in [0.15, 0.2) is 0 Å². The first-order valence-corrected chi connectivity index (χ1v) is 12.9. The average Bonchev–Trinajstić information content (AvgIpc) is 3.35. The standard InChI is InChI=1S/C28H31FN2O3S/c1-4-20(3)31(28(33)21-7-5-19(2)6-8-21)17-27(32)30-15-13-26-24(14-16-35-26)25(30)18-34-23-11-9-22(29)10-12-23/h5-12,14,16,20,25H,4,13,15,17-18H2,1-3H3/t20-,25-/m0/s1. The summed E-state index contributed by atoms with van der Waals surface area (Å²) in [5, 5.41) is 2.04. The summed E-state index contributed by atoms with van der Waals surface area (Å²) in [7, 11) is 0. The number of hydrogen-bond donors (Lipinski definition) is 0. The number of carbonyl (C=O) groups excluding carboxylic acids is 2. The van der Waals surface area contributed by atoms with Crippen LogP contribution >= 0.6 is 11.3 Å². The summed E-state index contributed by atoms with van der Waals surface area (Å²) in [4.78, 5) is 31.8. The van der Waals surface area contributed by atoms with Crippen molar-refractivity contribution >= 4 is 23.2 Å². The summed E-state index contributed by atoms with van der Waals surface area (Å²) in [6, 6.07) is 15.0. The number of carbonyl (C=O) groups is 2. The molecule has 0 radical (unpaired) electrons. The Morgan fingerprint density at radius 2 is 1.86 bits per heavy atom. The van der Waals surface area contributed by atoms with Crippen molar-refractivity contribution in [3.8, 4) is 5.75 Å². The highest BCUT2D eigenvalue weighted by Gasteiger charge is 2.34. The van der Waals surface area contributed by atoms with Crippen LogP contribution in [0.2, 0.25) is 0 Å². The highest BCUT2D eigenvalue weighted by Crippen LogP contribution is 2.34. The van der Waals surface area contributed by atoms with E-state index in [9.17, 15) is 14.0 Å². The molecule has 0 aliphatic carbocycles. The SMILES string of the molecule is CC[C@H](C)N(CC(=O)N1CCc2sccc2[C@@H]1COc1ccc(F)cc1)C(=O)c1ccc(C)cc1. The lowest BCUT2D eigenvalue weighted by Gasteiger charge is -2.38. The molecule has 184 valence electrons. The molecule has 0 fully saturated rings. The highest BCUT2D eigenvalue weighted by molar-refractivity contribution is 7.10. The van der Waals surface area contributed by atoms with Crippen LogP contribution < -0.4 is 4.74 Å². The van der Waals surface area contributed by atoms with Crippen molar-refractivity contribution in [1.82, 2.24) is 9.80 Å². The zero-order valence-electron chi connectivity index (χ0n) is 20.4. The van der Waals surface area contributed by atoms with Crippen molar-refractivity contribution in [3.63, 3.8) is 0 Å². The number of fused-ring (bicyclic) bond motifs is 1. The molecule has 2 aromatic carbocycles. The van der Waals surface area contributed by atoms with E-state index in [4.69, 9.17) is 4.74 Å². The lowest BCUT2D eigenvalue weighted by atomic mass is 10.00. The molecule has 7 heteroatoms. The highest BCUT2D eigenvalue weighted by atomic mass is 32.1. The lowest BCUT2D eigenvalue weighted by Crippen LogP contribution is -2.49. The molecule has 2 atom stereocenters. The van der Waals surface area contributed by atoms with E-state index in [-0.39, 0.29) is 42.9 Å². The molecule has 0 saturated heterocycles. The predicted molar refractivity (Wildman–Crippen MR) is 136 cm³/mol. The molecule has 1 aromatic heterocycles. The summed E-state index contributed by atoms with van der Waals surface area (Å²) in [5.74, 6) is -0.0115. The smallest absolute Gasteiger partial charge is 0.254 e. The minimum absolute atomic E-state index is 0.00817. The van der Waals surface area contributed by atoms with E-state index in [1.54, 1.807) is 28.4 Å². The molecular formula is C28H31FN2O3S. The van der Waals surface area contributed by atoms with Crippen LogP contribution in [0.25, 0.3) is 0 Å². The fourth-order valence-electron chi connectivity index (χ4n) is 4.33. The van der Waals surface area contributed by atoms with Crippen molar-refractivity contribution in [3.05, 3.63) is 87.4 Å². The van der Waals surface area contributed by atoms with Crippen LogP contribution in [0.3, 0.4) is 0 Å². The van der Waals surface area contributed by atoms with E-state index in [0.29, 0.717) is 17.9 Å². The maximum Gasteiger partial charge on any atom is 0.254 e. The predicted octanol–water partition coefficient (Wildman–Crippen LogP) is 5.64. The first kappa shape index (κ1) is 24.9. The van der Waals surface area contributed by atoms with Crippen LogP contribution in [0.1, 0.15) is 52.7 Å². The number of benzene rings is 2. The quantitative estimate of drug-likeness (QED) is 0.407. The van der Waals surface area contributed by atoms with E-state index in [1.807, 2.05) is 61.4 Å². The molecule has 0 saturated carbocycles. The topological polar surface area (TPSA) is 49.9 Å². The van der Waals surface area contributed by atoms with Gasteiger partial charge in [0.1, 0.15) is 24.7 Å². The maximum absolute atomic E-state index is 13.6. The number of thiophene rings is 1. The van der Waals surface area contributed by atoms with Gasteiger partial charge in [-0.25, -0.2) is 4.39 Å². The van der Waals surface area contributed by atoms with Gasteiger partial charge in [-0.2, -0.15) is 0 Å². The van der Waals surface area contributed by atoms with Gasteiger partial charge in [-0.05, 0) is 80.1 Å². The van der Waals surface area contributed by atoms with Crippen LogP contribution in [0.5, 0.6) is 5.75 Å². The molecule has 5 nitrogen and oxygen atoms in total. The Kier molecular flexibility index (Phi) is 7.86. The first-order valence-electron chi connectivity index (χ1n) is 12.0. The summed E-state index contributed by atoms with van der Waals surface area (Å²) in [5.41, 5.74) is 2.74. The number of nitrogens with zero attached hydrogens (tertiary/aromatic N) is 2. The second-order valence-electron chi connectivity index (χ2n) is 8.97. The number of rotatable bonds is 8. The molecular weight excluding hydrogens is 463 g/mol. The summed E-state index contributed by atoms with van der Waals surface area (Å²) in [6.07, 6.45) is 1.53. The van der Waals surface area contributed by atoms with Crippen molar-refractivity contribution < 1.29 is 18.7 Å². The Balaban J connectivity index is 1.54. The van der Waals surface area contributed by atoms with E-state index >= 15 is 0 Å². The zero-order valence-corrected chi connectivity index (χ0v) is 21.2. The maximum atomic E-state index is 13.6. The minimum Gasteiger partial charge on any atom is -0.491 e. The van der Waals surface area contributed by atoms with Gasteiger partial charge in [0, 0.05) is 23.0 Å². The summed E-state index contributed by atoms with van der Waals surface area (Å²) in [6.45, 7) is 6.80. The third-order valence-corrected chi connectivity index (χ3v) is 7.62. The van der Waals surface area contributed by atoms with Crippen LogP contribution in [0.15, 0.2) is 60.0 Å². The second kappa shape index (κ2) is 11.0. The molecule has 4 rings (SSSR count). The van der Waals surface area contributed by atoms with Gasteiger partial charge in [0.2, 0.25) is 5.91 Å². The number of amides is 2. The number of ether oxygens (including phenoxy) is 1. The second-order valence-corrected chi connectivity index (χ2v) is 9.97. The van der Waals surface area contributed by atoms with Crippen LogP contribution in [0, 0.1) is 12.7 Å².